The van der Waals surface area contributed by atoms with Crippen LogP contribution in [0.3, 0.4) is 0 Å². The van der Waals surface area contributed by atoms with Crippen LogP contribution < -0.4 is 4.90 Å². The van der Waals surface area contributed by atoms with Gasteiger partial charge >= 0.3 is 5.97 Å². The number of aliphatic carboxylic acids is 1. The summed E-state index contributed by atoms with van der Waals surface area (Å²) in [6.07, 6.45) is 1.14. The molecule has 0 spiro atoms. The highest BCUT2D eigenvalue weighted by Gasteiger charge is 2.28. The van der Waals surface area contributed by atoms with Crippen LogP contribution in [0.1, 0.15) is 24.8 Å². The van der Waals surface area contributed by atoms with Gasteiger partial charge in [0.1, 0.15) is 0 Å². The monoisotopic (exact) mass is 325 g/mol. The summed E-state index contributed by atoms with van der Waals surface area (Å²) in [4.78, 5) is 24.5. The highest BCUT2D eigenvalue weighted by atomic mass is 79.9. The molecule has 1 N–H and O–H groups in total. The number of carbonyl (C=O) groups is 2. The molecular weight excluding hydrogens is 310 g/mol. The maximum atomic E-state index is 12.1. The molecule has 1 unspecified atom stereocenters. The maximum absolute atomic E-state index is 12.1. The topological polar surface area (TPSA) is 57.6 Å². The van der Waals surface area contributed by atoms with Crippen molar-refractivity contribution in [2.24, 2.45) is 5.92 Å². The zero-order valence-electron chi connectivity index (χ0n) is 10.7. The predicted octanol–water partition coefficient (Wildman–Crippen LogP) is 2.98. The van der Waals surface area contributed by atoms with E-state index >= 15 is 0 Å². The number of rotatable bonds is 3. The number of anilines is 1. The molecule has 0 radical (unpaired) electrons. The molecule has 4 nitrogen and oxygen atoms in total. The molecule has 1 aliphatic rings. The van der Waals surface area contributed by atoms with Crippen molar-refractivity contribution >= 4 is 33.5 Å². The minimum atomic E-state index is -0.829. The van der Waals surface area contributed by atoms with Gasteiger partial charge in [0.25, 0.3) is 0 Å². The molecular formula is C14H16BrNO3. The van der Waals surface area contributed by atoms with E-state index in [-0.39, 0.29) is 18.2 Å². The van der Waals surface area contributed by atoms with Crippen molar-refractivity contribution < 1.29 is 14.7 Å². The number of hydrogen-bond acceptors (Lipinski definition) is 2. The van der Waals surface area contributed by atoms with Crippen molar-refractivity contribution in [2.75, 3.05) is 11.4 Å². The van der Waals surface area contributed by atoms with Gasteiger partial charge < -0.3 is 10.0 Å². The third kappa shape index (κ3) is 3.35. The number of carbonyl (C=O) groups excluding carboxylic acids is 1. The Labute approximate surface area is 120 Å². The third-order valence-electron chi connectivity index (χ3n) is 3.46. The first-order chi connectivity index (χ1) is 8.97. The largest absolute Gasteiger partial charge is 0.481 e. The summed E-state index contributed by atoms with van der Waals surface area (Å²) >= 11 is 3.46. The van der Waals surface area contributed by atoms with Crippen LogP contribution in [0.15, 0.2) is 22.7 Å². The molecule has 2 rings (SSSR count). The lowest BCUT2D eigenvalue weighted by Crippen LogP contribution is -2.39. The van der Waals surface area contributed by atoms with E-state index in [1.165, 1.54) is 0 Å². The highest BCUT2D eigenvalue weighted by Crippen LogP contribution is 2.29. The molecule has 0 saturated carbocycles. The van der Waals surface area contributed by atoms with Gasteiger partial charge in [-0.3, -0.25) is 9.59 Å². The van der Waals surface area contributed by atoms with Crippen LogP contribution in [0.25, 0.3) is 0 Å². The average Bonchev–Trinajstić information content (AvgIpc) is 2.32. The van der Waals surface area contributed by atoms with Gasteiger partial charge in [0, 0.05) is 29.5 Å². The lowest BCUT2D eigenvalue weighted by molar-refractivity contribution is -0.138. The highest BCUT2D eigenvalue weighted by molar-refractivity contribution is 9.10. The van der Waals surface area contributed by atoms with Crippen LogP contribution in [0.2, 0.25) is 0 Å². The second-order valence-electron chi connectivity index (χ2n) is 4.94. The summed E-state index contributed by atoms with van der Waals surface area (Å²) in [7, 11) is 0. The van der Waals surface area contributed by atoms with Crippen molar-refractivity contribution in [3.8, 4) is 0 Å². The smallest absolute Gasteiger partial charge is 0.303 e. The first-order valence-electron chi connectivity index (χ1n) is 6.25. The van der Waals surface area contributed by atoms with Crippen molar-refractivity contribution in [1.29, 1.82) is 0 Å². The van der Waals surface area contributed by atoms with E-state index in [4.69, 9.17) is 5.11 Å². The van der Waals surface area contributed by atoms with Gasteiger partial charge in [0.2, 0.25) is 5.91 Å². The maximum Gasteiger partial charge on any atom is 0.303 e. The van der Waals surface area contributed by atoms with E-state index in [9.17, 15) is 9.59 Å². The fourth-order valence-electron chi connectivity index (χ4n) is 2.34. The summed E-state index contributed by atoms with van der Waals surface area (Å²) in [6, 6.07) is 5.83. The number of carboxylic acids is 1. The molecule has 1 aliphatic heterocycles. The minimum Gasteiger partial charge on any atom is -0.481 e. The SMILES string of the molecule is Cc1ccc(N2CCC(CC(=O)O)CC2=O)cc1Br. The van der Waals surface area contributed by atoms with Gasteiger partial charge in [0.15, 0.2) is 0 Å². The Kier molecular flexibility index (Phi) is 4.24. The summed E-state index contributed by atoms with van der Waals surface area (Å²) in [5.74, 6) is -0.854. The van der Waals surface area contributed by atoms with Crippen LogP contribution in [-0.4, -0.2) is 23.5 Å². The number of halogens is 1. The van der Waals surface area contributed by atoms with Gasteiger partial charge in [-0.1, -0.05) is 22.0 Å². The van der Waals surface area contributed by atoms with Gasteiger partial charge in [-0.15, -0.1) is 0 Å². The number of amides is 1. The number of piperidine rings is 1. The van der Waals surface area contributed by atoms with Crippen LogP contribution in [0.5, 0.6) is 0 Å². The zero-order valence-corrected chi connectivity index (χ0v) is 12.3. The molecule has 1 amide bonds. The van der Waals surface area contributed by atoms with Crippen molar-refractivity contribution in [3.63, 3.8) is 0 Å². The van der Waals surface area contributed by atoms with Gasteiger partial charge in [0.05, 0.1) is 0 Å². The standard InChI is InChI=1S/C14H16BrNO3/c1-9-2-3-11(8-12(9)15)16-5-4-10(6-13(16)17)7-14(18)19/h2-3,8,10H,4-7H2,1H3,(H,18,19). The molecule has 1 fully saturated rings. The summed E-state index contributed by atoms with van der Waals surface area (Å²) < 4.78 is 0.977. The molecule has 5 heteroatoms. The lowest BCUT2D eigenvalue weighted by atomic mass is 9.93. The van der Waals surface area contributed by atoms with E-state index in [2.05, 4.69) is 15.9 Å². The van der Waals surface area contributed by atoms with E-state index in [0.717, 1.165) is 22.1 Å². The molecule has 102 valence electrons. The van der Waals surface area contributed by atoms with Crippen molar-refractivity contribution in [1.82, 2.24) is 0 Å². The predicted molar refractivity (Wildman–Crippen MR) is 76.2 cm³/mol. The molecule has 0 aromatic heterocycles. The summed E-state index contributed by atoms with van der Waals surface area (Å²) in [5.41, 5.74) is 1.99. The van der Waals surface area contributed by atoms with Crippen molar-refractivity contribution in [3.05, 3.63) is 28.2 Å². The molecule has 0 aliphatic carbocycles. The normalized spacial score (nSPS) is 19.6. The fourth-order valence-corrected chi connectivity index (χ4v) is 2.71. The van der Waals surface area contributed by atoms with Crippen molar-refractivity contribution in [2.45, 2.75) is 26.2 Å². The molecule has 1 heterocycles. The summed E-state index contributed by atoms with van der Waals surface area (Å²) in [5, 5.41) is 8.77. The zero-order chi connectivity index (χ0) is 14.0. The molecule has 1 aromatic carbocycles. The first-order valence-corrected chi connectivity index (χ1v) is 7.05. The van der Waals surface area contributed by atoms with Gasteiger partial charge in [-0.2, -0.15) is 0 Å². The second-order valence-corrected chi connectivity index (χ2v) is 5.79. The van der Waals surface area contributed by atoms with Crippen LogP contribution in [0, 0.1) is 12.8 Å². The Morgan fingerprint density at radius 2 is 2.26 bits per heavy atom. The number of carboxylic acid groups (broad SMARTS) is 1. The Hall–Kier alpha value is -1.36. The van der Waals surface area contributed by atoms with Crippen LogP contribution in [0.4, 0.5) is 5.69 Å². The Bertz CT molecular complexity index is 515. The van der Waals surface area contributed by atoms with Crippen LogP contribution >= 0.6 is 15.9 Å². The minimum absolute atomic E-state index is 0.00764. The quantitative estimate of drug-likeness (QED) is 0.929. The lowest BCUT2D eigenvalue weighted by Gasteiger charge is -2.31. The number of benzene rings is 1. The number of aryl methyl sites for hydroxylation is 1. The van der Waals surface area contributed by atoms with Crippen LogP contribution in [-0.2, 0) is 9.59 Å². The molecule has 1 saturated heterocycles. The molecule has 19 heavy (non-hydrogen) atoms. The van der Waals surface area contributed by atoms with E-state index in [0.29, 0.717) is 13.0 Å². The van der Waals surface area contributed by atoms with E-state index in [1.54, 1.807) is 4.90 Å². The Morgan fingerprint density at radius 3 is 2.84 bits per heavy atom. The number of nitrogens with zero attached hydrogens (tertiary/aromatic N) is 1. The molecule has 0 bridgehead atoms. The molecule has 1 aromatic rings. The van der Waals surface area contributed by atoms with Gasteiger partial charge in [-0.05, 0) is 37.0 Å². The van der Waals surface area contributed by atoms with E-state index < -0.39 is 5.97 Å². The molecule has 1 atom stereocenters. The Morgan fingerprint density at radius 1 is 1.53 bits per heavy atom. The third-order valence-corrected chi connectivity index (χ3v) is 4.31. The van der Waals surface area contributed by atoms with E-state index in [1.807, 2.05) is 25.1 Å². The fraction of sp³-hybridized carbons (Fsp3) is 0.429. The average molecular weight is 326 g/mol. The van der Waals surface area contributed by atoms with Gasteiger partial charge in [-0.25, -0.2) is 0 Å². The summed E-state index contributed by atoms with van der Waals surface area (Å²) in [6.45, 7) is 2.58. The number of hydrogen-bond donors (Lipinski definition) is 1. The second kappa shape index (κ2) is 5.74. The Balaban J connectivity index is 2.09. The first kappa shape index (κ1) is 14.1.